The Morgan fingerprint density at radius 1 is 1.06 bits per heavy atom. The molecule has 0 unspecified atom stereocenters. The highest BCUT2D eigenvalue weighted by Gasteiger charge is 2.49. The minimum atomic E-state index is -1.75. The molecule has 0 amide bonds. The van der Waals surface area contributed by atoms with Crippen LogP contribution in [0, 0.1) is 12.8 Å². The molecule has 2 aromatic rings. The summed E-state index contributed by atoms with van der Waals surface area (Å²) < 4.78 is 12.3. The van der Waals surface area contributed by atoms with Crippen molar-refractivity contribution in [2.75, 3.05) is 13.2 Å². The van der Waals surface area contributed by atoms with Crippen LogP contribution in [0.25, 0.3) is 11.0 Å². The molecule has 1 aliphatic heterocycles. The Morgan fingerprint density at radius 3 is 2.44 bits per heavy atom. The number of aliphatic hydroxyl groups excluding tert-OH is 5. The molecule has 5 N–H and O–H groups in total. The van der Waals surface area contributed by atoms with E-state index < -0.39 is 49.3 Å². The number of rotatable bonds is 9. The molecule has 0 spiro atoms. The van der Waals surface area contributed by atoms with E-state index in [0.717, 1.165) is 37.7 Å². The number of benzene rings is 1. The number of aliphatic hydroxyl groups is 5. The van der Waals surface area contributed by atoms with Gasteiger partial charge >= 0.3 is 0 Å². The first-order valence-corrected chi connectivity index (χ1v) is 12.5. The number of ether oxygens (including phenoxy) is 1. The van der Waals surface area contributed by atoms with Crippen molar-refractivity contribution in [2.45, 2.75) is 88.5 Å². The fourth-order valence-electron chi connectivity index (χ4n) is 5.31. The third-order valence-electron chi connectivity index (χ3n) is 7.57. The zero-order valence-electron chi connectivity index (χ0n) is 20.6. The van der Waals surface area contributed by atoms with Crippen molar-refractivity contribution in [2.24, 2.45) is 5.92 Å². The lowest BCUT2D eigenvalue weighted by molar-refractivity contribution is -0.364. The third kappa shape index (κ3) is 5.45. The summed E-state index contributed by atoms with van der Waals surface area (Å²) in [5.74, 6) is 1.33. The SMILES string of the molecule is Cc1cc(=O)c2cc3c(cc2o1)O[C@](C)(C1CCCCC1)[C@H](OOC[C@H](O)[C@@H](O)[C@H](O)[C@H](O)CO)C3. The molecule has 0 saturated heterocycles. The first-order chi connectivity index (χ1) is 17.1. The average Bonchev–Trinajstić information content (AvgIpc) is 2.87. The van der Waals surface area contributed by atoms with Crippen LogP contribution in [0.4, 0.5) is 0 Å². The van der Waals surface area contributed by atoms with Crippen molar-refractivity contribution in [3.05, 3.63) is 39.7 Å². The van der Waals surface area contributed by atoms with Gasteiger partial charge in [0.15, 0.2) is 5.43 Å². The van der Waals surface area contributed by atoms with Gasteiger partial charge in [-0.2, -0.15) is 0 Å². The van der Waals surface area contributed by atoms with E-state index in [2.05, 4.69) is 0 Å². The number of aryl methyl sites for hydroxylation is 1. The Hall–Kier alpha value is -2.05. The van der Waals surface area contributed by atoms with Gasteiger partial charge in [0.1, 0.15) is 59.8 Å². The van der Waals surface area contributed by atoms with E-state index in [1.165, 1.54) is 6.07 Å². The monoisotopic (exact) mass is 508 g/mol. The maximum Gasteiger partial charge on any atom is 0.192 e. The van der Waals surface area contributed by atoms with E-state index in [0.29, 0.717) is 28.9 Å². The molecule has 10 nitrogen and oxygen atoms in total. The van der Waals surface area contributed by atoms with Crippen LogP contribution >= 0.6 is 0 Å². The summed E-state index contributed by atoms with van der Waals surface area (Å²) in [4.78, 5) is 23.6. The minimum absolute atomic E-state index is 0.147. The summed E-state index contributed by atoms with van der Waals surface area (Å²) >= 11 is 0. The highest BCUT2D eigenvalue weighted by atomic mass is 17.2. The van der Waals surface area contributed by atoms with Gasteiger partial charge in [0.05, 0.1) is 12.0 Å². The molecule has 4 rings (SSSR count). The maximum atomic E-state index is 12.5. The van der Waals surface area contributed by atoms with Crippen LogP contribution in [0.15, 0.2) is 27.4 Å². The van der Waals surface area contributed by atoms with Crippen LogP contribution in [-0.2, 0) is 16.2 Å². The molecular formula is C26H36O10. The normalized spacial score (nSPS) is 26.1. The molecule has 2 heterocycles. The number of fused-ring (bicyclic) bond motifs is 2. The van der Waals surface area contributed by atoms with Gasteiger partial charge in [-0.15, -0.1) is 0 Å². The zero-order chi connectivity index (χ0) is 26.0. The largest absolute Gasteiger partial charge is 0.484 e. The summed E-state index contributed by atoms with van der Waals surface area (Å²) in [6, 6.07) is 4.94. The fraction of sp³-hybridized carbons (Fsp3) is 0.654. The third-order valence-corrected chi connectivity index (χ3v) is 7.57. The van der Waals surface area contributed by atoms with Gasteiger partial charge in [-0.05, 0) is 38.3 Å². The summed E-state index contributed by atoms with van der Waals surface area (Å²) in [7, 11) is 0. The molecule has 200 valence electrons. The lowest BCUT2D eigenvalue weighted by atomic mass is 9.72. The fourth-order valence-corrected chi connectivity index (χ4v) is 5.31. The molecule has 2 aliphatic rings. The van der Waals surface area contributed by atoms with Crippen molar-refractivity contribution >= 4 is 11.0 Å². The molecule has 1 saturated carbocycles. The smallest absolute Gasteiger partial charge is 0.192 e. The van der Waals surface area contributed by atoms with E-state index >= 15 is 0 Å². The predicted octanol–water partition coefficient (Wildman–Crippen LogP) is 1.13. The summed E-state index contributed by atoms with van der Waals surface area (Å²) in [6.45, 7) is 2.45. The molecule has 0 bridgehead atoms. The second-order valence-electron chi connectivity index (χ2n) is 10.2. The molecule has 0 radical (unpaired) electrons. The van der Waals surface area contributed by atoms with Gasteiger partial charge in [0.25, 0.3) is 0 Å². The van der Waals surface area contributed by atoms with E-state index in [4.69, 9.17) is 24.0 Å². The summed E-state index contributed by atoms with van der Waals surface area (Å²) in [5.41, 5.74) is 0.316. The lowest BCUT2D eigenvalue weighted by Gasteiger charge is -2.47. The molecule has 1 aliphatic carbocycles. The van der Waals surface area contributed by atoms with Crippen molar-refractivity contribution < 1.29 is 44.5 Å². The Bertz CT molecular complexity index is 1090. The van der Waals surface area contributed by atoms with E-state index in [1.807, 2.05) is 6.92 Å². The van der Waals surface area contributed by atoms with Crippen LogP contribution < -0.4 is 10.2 Å². The molecule has 1 aromatic heterocycles. The van der Waals surface area contributed by atoms with Gasteiger partial charge in [0.2, 0.25) is 0 Å². The zero-order valence-corrected chi connectivity index (χ0v) is 20.6. The predicted molar refractivity (Wildman–Crippen MR) is 128 cm³/mol. The van der Waals surface area contributed by atoms with E-state index in [9.17, 15) is 25.2 Å². The standard InChI is InChI=1S/C26H36O10/c1-14-8-18(28)17-9-15-10-23(36-33-13-20(30)25(32)24(31)19(29)12-27)26(2,16-6-4-3-5-7-16)35-21(15)11-22(17)34-14/h8-9,11,16,19-20,23-25,27,29-32H,3-7,10,12-13H2,1-2H3/t19-,20+,23-,24-,25-,26-/m1/s1. The molecular weight excluding hydrogens is 472 g/mol. The first-order valence-electron chi connectivity index (χ1n) is 12.5. The molecule has 1 aromatic carbocycles. The van der Waals surface area contributed by atoms with Crippen molar-refractivity contribution in [3.63, 3.8) is 0 Å². The van der Waals surface area contributed by atoms with Crippen LogP contribution in [0.2, 0.25) is 0 Å². The second-order valence-corrected chi connectivity index (χ2v) is 10.2. The topological polar surface area (TPSA) is 159 Å². The molecule has 6 atom stereocenters. The van der Waals surface area contributed by atoms with Crippen molar-refractivity contribution in [1.82, 2.24) is 0 Å². The molecule has 1 fully saturated rings. The summed E-state index contributed by atoms with van der Waals surface area (Å²) in [5, 5.41) is 48.9. The van der Waals surface area contributed by atoms with Gasteiger partial charge in [-0.3, -0.25) is 4.79 Å². The highest BCUT2D eigenvalue weighted by Crippen LogP contribution is 2.45. The maximum absolute atomic E-state index is 12.5. The van der Waals surface area contributed by atoms with Gasteiger partial charge < -0.3 is 34.7 Å². The minimum Gasteiger partial charge on any atom is -0.484 e. The quantitative estimate of drug-likeness (QED) is 0.245. The molecule has 36 heavy (non-hydrogen) atoms. The van der Waals surface area contributed by atoms with E-state index in [1.54, 1.807) is 19.1 Å². The van der Waals surface area contributed by atoms with Gasteiger partial charge in [0, 0.05) is 24.5 Å². The number of hydrogen-bond donors (Lipinski definition) is 5. The van der Waals surface area contributed by atoms with Crippen LogP contribution in [0.1, 0.15) is 50.4 Å². The number of hydrogen-bond acceptors (Lipinski definition) is 10. The Morgan fingerprint density at radius 2 is 1.75 bits per heavy atom. The van der Waals surface area contributed by atoms with Gasteiger partial charge in [-0.1, -0.05) is 19.3 Å². The van der Waals surface area contributed by atoms with Crippen LogP contribution in [0.5, 0.6) is 5.75 Å². The van der Waals surface area contributed by atoms with Crippen molar-refractivity contribution in [3.8, 4) is 5.75 Å². The first kappa shape index (κ1) is 27.0. The van der Waals surface area contributed by atoms with Crippen LogP contribution in [0.3, 0.4) is 0 Å². The second kappa shape index (κ2) is 11.1. The van der Waals surface area contributed by atoms with Gasteiger partial charge in [-0.25, -0.2) is 9.78 Å². The Labute approximate surface area is 209 Å². The van der Waals surface area contributed by atoms with E-state index in [-0.39, 0.29) is 11.3 Å². The molecule has 10 heteroatoms. The Kier molecular flexibility index (Phi) is 8.35. The highest BCUT2D eigenvalue weighted by molar-refractivity contribution is 5.79. The Balaban J connectivity index is 1.55. The van der Waals surface area contributed by atoms with Crippen molar-refractivity contribution in [1.29, 1.82) is 0 Å². The lowest BCUT2D eigenvalue weighted by Crippen LogP contribution is -2.56. The van der Waals surface area contributed by atoms with Crippen LogP contribution in [-0.4, -0.2) is 74.9 Å². The average molecular weight is 509 g/mol. The summed E-state index contributed by atoms with van der Waals surface area (Å²) in [6.07, 6.45) is -1.66.